The number of anilines is 1. The van der Waals surface area contributed by atoms with Gasteiger partial charge in [-0.05, 0) is 36.8 Å². The van der Waals surface area contributed by atoms with Crippen LogP contribution in [0, 0.1) is 6.92 Å². The maximum atomic E-state index is 12.4. The van der Waals surface area contributed by atoms with Crippen LogP contribution in [0.3, 0.4) is 0 Å². The smallest absolute Gasteiger partial charge is 0.406 e. The molecular formula is C21H18F3N5O2S. The number of carbonyl (C=O) groups excluding carboxylic acids is 1. The average Bonchev–Trinajstić information content (AvgIpc) is 3.30. The van der Waals surface area contributed by atoms with E-state index in [2.05, 4.69) is 25.0 Å². The zero-order valence-corrected chi connectivity index (χ0v) is 17.7. The second-order valence-corrected chi connectivity index (χ2v) is 8.21. The van der Waals surface area contributed by atoms with Crippen LogP contribution in [0.25, 0.3) is 11.2 Å². The highest BCUT2D eigenvalue weighted by atomic mass is 32.1. The zero-order chi connectivity index (χ0) is 22.7. The standard InChI is InChI=1S/C21H18F3N5O2S/c1-13-11-26-20(32-13)28-18(30)9-8-17-27-16-3-2-10-25-19(16)29(17)12-14-4-6-15(7-5-14)31-21(22,23)24/h2-7,10-11H,8-9,12H2,1H3,(H,26,28,30). The van der Waals surface area contributed by atoms with E-state index < -0.39 is 6.36 Å². The molecule has 0 saturated carbocycles. The summed E-state index contributed by atoms with van der Waals surface area (Å²) in [6, 6.07) is 9.22. The minimum atomic E-state index is -4.74. The summed E-state index contributed by atoms with van der Waals surface area (Å²) in [5.41, 5.74) is 2.05. The Morgan fingerprint density at radius 1 is 1.19 bits per heavy atom. The van der Waals surface area contributed by atoms with Gasteiger partial charge in [-0.15, -0.1) is 24.5 Å². The first-order valence-corrected chi connectivity index (χ1v) is 10.5. The zero-order valence-electron chi connectivity index (χ0n) is 16.9. The number of hydrogen-bond acceptors (Lipinski definition) is 6. The van der Waals surface area contributed by atoms with E-state index in [0.29, 0.717) is 35.1 Å². The Morgan fingerprint density at radius 3 is 2.66 bits per heavy atom. The van der Waals surface area contributed by atoms with Crippen LogP contribution in [-0.4, -0.2) is 31.8 Å². The Balaban J connectivity index is 1.50. The molecule has 0 spiro atoms. The fraction of sp³-hybridized carbons (Fsp3) is 0.238. The number of amides is 1. The van der Waals surface area contributed by atoms with Gasteiger partial charge in [0.05, 0.1) is 6.54 Å². The number of alkyl halides is 3. The highest BCUT2D eigenvalue weighted by Crippen LogP contribution is 2.24. The molecule has 1 aromatic carbocycles. The van der Waals surface area contributed by atoms with Crippen LogP contribution in [0.15, 0.2) is 48.8 Å². The number of ether oxygens (including phenoxy) is 1. The molecule has 166 valence electrons. The Labute approximate surface area is 184 Å². The predicted molar refractivity (Wildman–Crippen MR) is 114 cm³/mol. The van der Waals surface area contributed by atoms with Gasteiger partial charge in [0.15, 0.2) is 10.8 Å². The van der Waals surface area contributed by atoms with Crippen LogP contribution in [0.2, 0.25) is 0 Å². The lowest BCUT2D eigenvalue weighted by atomic mass is 10.2. The lowest BCUT2D eigenvalue weighted by molar-refractivity contribution is -0.274. The van der Waals surface area contributed by atoms with Crippen molar-refractivity contribution in [3.8, 4) is 5.75 Å². The first-order chi connectivity index (χ1) is 15.3. The number of aryl methyl sites for hydroxylation is 2. The summed E-state index contributed by atoms with van der Waals surface area (Å²) in [5, 5.41) is 3.32. The molecule has 0 aliphatic heterocycles. The summed E-state index contributed by atoms with van der Waals surface area (Å²) in [6.07, 6.45) is -0.850. The number of pyridine rings is 1. The van der Waals surface area contributed by atoms with Gasteiger partial charge in [0.2, 0.25) is 5.91 Å². The number of aromatic nitrogens is 4. The third-order valence-electron chi connectivity index (χ3n) is 4.52. The van der Waals surface area contributed by atoms with Gasteiger partial charge in [-0.3, -0.25) is 4.79 Å². The van der Waals surface area contributed by atoms with E-state index in [1.54, 1.807) is 30.6 Å². The topological polar surface area (TPSA) is 81.9 Å². The summed E-state index contributed by atoms with van der Waals surface area (Å²) in [7, 11) is 0. The molecule has 0 atom stereocenters. The molecule has 0 unspecified atom stereocenters. The number of nitrogens with zero attached hydrogens (tertiary/aromatic N) is 4. The van der Waals surface area contributed by atoms with E-state index in [0.717, 1.165) is 10.4 Å². The second-order valence-electron chi connectivity index (χ2n) is 6.98. The molecule has 1 N–H and O–H groups in total. The molecule has 4 rings (SSSR count). The van der Waals surface area contributed by atoms with Crippen LogP contribution in [0.1, 0.15) is 22.7 Å². The van der Waals surface area contributed by atoms with Gasteiger partial charge in [-0.2, -0.15) is 0 Å². The normalized spacial score (nSPS) is 11.6. The van der Waals surface area contributed by atoms with Crippen LogP contribution in [-0.2, 0) is 17.8 Å². The van der Waals surface area contributed by atoms with Crippen molar-refractivity contribution >= 4 is 33.5 Å². The van der Waals surface area contributed by atoms with Crippen LogP contribution < -0.4 is 10.1 Å². The molecule has 0 saturated heterocycles. The van der Waals surface area contributed by atoms with Gasteiger partial charge in [0, 0.05) is 30.1 Å². The Morgan fingerprint density at radius 2 is 1.97 bits per heavy atom. The third kappa shape index (κ3) is 5.41. The Hall–Kier alpha value is -3.47. The summed E-state index contributed by atoms with van der Waals surface area (Å²) in [4.78, 5) is 26.4. The van der Waals surface area contributed by atoms with Crippen molar-refractivity contribution in [2.75, 3.05) is 5.32 Å². The van der Waals surface area contributed by atoms with Crippen molar-refractivity contribution in [2.24, 2.45) is 0 Å². The van der Waals surface area contributed by atoms with Crippen LogP contribution in [0.4, 0.5) is 18.3 Å². The molecular weight excluding hydrogens is 443 g/mol. The molecule has 32 heavy (non-hydrogen) atoms. The summed E-state index contributed by atoms with van der Waals surface area (Å²) < 4.78 is 42.9. The number of benzene rings is 1. The monoisotopic (exact) mass is 461 g/mol. The fourth-order valence-corrected chi connectivity index (χ4v) is 3.84. The highest BCUT2D eigenvalue weighted by molar-refractivity contribution is 7.15. The first-order valence-electron chi connectivity index (χ1n) is 9.64. The SMILES string of the molecule is Cc1cnc(NC(=O)CCc2nc3cccnc3n2Cc2ccc(OC(F)(F)F)cc2)s1. The van der Waals surface area contributed by atoms with Gasteiger partial charge in [0.1, 0.15) is 17.1 Å². The van der Waals surface area contributed by atoms with Crippen LogP contribution >= 0.6 is 11.3 Å². The minimum Gasteiger partial charge on any atom is -0.406 e. The number of rotatable bonds is 7. The first kappa shape index (κ1) is 21.8. The molecule has 0 aliphatic carbocycles. The second kappa shape index (κ2) is 8.95. The lowest BCUT2D eigenvalue weighted by Crippen LogP contribution is -2.17. The molecule has 3 aromatic heterocycles. The predicted octanol–water partition coefficient (Wildman–Crippen LogP) is 4.71. The average molecular weight is 461 g/mol. The molecule has 0 aliphatic rings. The van der Waals surface area contributed by atoms with Crippen LogP contribution in [0.5, 0.6) is 5.75 Å². The molecule has 4 aromatic rings. The van der Waals surface area contributed by atoms with Crippen molar-refractivity contribution in [3.05, 3.63) is 65.1 Å². The van der Waals surface area contributed by atoms with Crippen molar-refractivity contribution in [2.45, 2.75) is 32.7 Å². The number of hydrogen-bond donors (Lipinski definition) is 1. The van der Waals surface area contributed by atoms with Gasteiger partial charge in [-0.25, -0.2) is 15.0 Å². The minimum absolute atomic E-state index is 0.181. The molecule has 3 heterocycles. The number of thiazole rings is 1. The van der Waals surface area contributed by atoms with Crippen molar-refractivity contribution in [3.63, 3.8) is 0 Å². The number of fused-ring (bicyclic) bond motifs is 1. The van der Waals surface area contributed by atoms with Gasteiger partial charge >= 0.3 is 6.36 Å². The lowest BCUT2D eigenvalue weighted by Gasteiger charge is -2.11. The molecule has 11 heteroatoms. The summed E-state index contributed by atoms with van der Waals surface area (Å²) >= 11 is 1.40. The van der Waals surface area contributed by atoms with Crippen molar-refractivity contribution in [1.29, 1.82) is 0 Å². The van der Waals surface area contributed by atoms with E-state index in [1.807, 2.05) is 17.6 Å². The Bertz CT molecular complexity index is 1230. The number of carbonyl (C=O) groups is 1. The van der Waals surface area contributed by atoms with Gasteiger partial charge in [-0.1, -0.05) is 12.1 Å². The maximum Gasteiger partial charge on any atom is 0.573 e. The third-order valence-corrected chi connectivity index (χ3v) is 5.35. The number of imidazole rings is 1. The van der Waals surface area contributed by atoms with E-state index in [9.17, 15) is 18.0 Å². The molecule has 1 amide bonds. The van der Waals surface area contributed by atoms with E-state index in [4.69, 9.17) is 0 Å². The molecule has 0 radical (unpaired) electrons. The summed E-state index contributed by atoms with van der Waals surface area (Å²) in [5.74, 6) is 0.184. The highest BCUT2D eigenvalue weighted by Gasteiger charge is 2.31. The quantitative estimate of drug-likeness (QED) is 0.431. The van der Waals surface area contributed by atoms with Gasteiger partial charge < -0.3 is 14.6 Å². The molecule has 7 nitrogen and oxygen atoms in total. The van der Waals surface area contributed by atoms with E-state index in [1.165, 1.54) is 23.5 Å². The Kier molecular flexibility index (Phi) is 6.08. The molecule has 0 fully saturated rings. The maximum absolute atomic E-state index is 12.4. The number of halogens is 3. The van der Waals surface area contributed by atoms with Crippen molar-refractivity contribution in [1.82, 2.24) is 19.5 Å². The van der Waals surface area contributed by atoms with E-state index >= 15 is 0 Å². The largest absolute Gasteiger partial charge is 0.573 e. The van der Waals surface area contributed by atoms with Gasteiger partial charge in [0.25, 0.3) is 0 Å². The number of nitrogens with one attached hydrogen (secondary N) is 1. The fourth-order valence-electron chi connectivity index (χ4n) is 3.16. The summed E-state index contributed by atoms with van der Waals surface area (Å²) in [6.45, 7) is 2.24. The van der Waals surface area contributed by atoms with E-state index in [-0.39, 0.29) is 18.1 Å². The van der Waals surface area contributed by atoms with Crippen molar-refractivity contribution < 1.29 is 22.7 Å². The molecule has 0 bridgehead atoms.